The largest absolute Gasteiger partial charge is 0.473 e. The molecular formula is C20H19F2N3O4. The first-order chi connectivity index (χ1) is 13.9. The second-order valence-electron chi connectivity index (χ2n) is 6.52. The number of nitrogens with one attached hydrogen (secondary N) is 1. The molecule has 0 radical (unpaired) electrons. The second-order valence-corrected chi connectivity index (χ2v) is 6.52. The lowest BCUT2D eigenvalue weighted by Crippen LogP contribution is -2.30. The van der Waals surface area contributed by atoms with Gasteiger partial charge in [-0.15, -0.1) is 0 Å². The fourth-order valence-electron chi connectivity index (χ4n) is 2.58. The maximum atomic E-state index is 13.6. The summed E-state index contributed by atoms with van der Waals surface area (Å²) in [7, 11) is 0. The maximum absolute atomic E-state index is 13.6. The smallest absolute Gasteiger partial charge is 0.253 e. The maximum Gasteiger partial charge on any atom is 0.253 e. The predicted molar refractivity (Wildman–Crippen MR) is 98.9 cm³/mol. The molecule has 29 heavy (non-hydrogen) atoms. The van der Waals surface area contributed by atoms with Crippen LogP contribution in [0.5, 0.6) is 5.88 Å². The van der Waals surface area contributed by atoms with Crippen molar-refractivity contribution in [1.29, 1.82) is 0 Å². The van der Waals surface area contributed by atoms with E-state index in [0.717, 1.165) is 12.1 Å². The molecule has 0 aliphatic heterocycles. The number of aliphatic hydroxyl groups excluding tert-OH is 1. The van der Waals surface area contributed by atoms with Crippen molar-refractivity contribution in [2.45, 2.75) is 33.1 Å². The van der Waals surface area contributed by atoms with Crippen molar-refractivity contribution in [2.24, 2.45) is 0 Å². The number of hydrogen-bond donors (Lipinski definition) is 2. The minimum atomic E-state index is -1.03. The number of ether oxygens (including phenoxy) is 1. The number of carbonyl (C=O) groups excluding carboxylic acids is 1. The topological polar surface area (TPSA) is 97.5 Å². The van der Waals surface area contributed by atoms with E-state index in [1.807, 2.05) is 13.8 Å². The first-order valence-electron chi connectivity index (χ1n) is 8.82. The van der Waals surface area contributed by atoms with Gasteiger partial charge in [0.2, 0.25) is 5.88 Å². The number of benzene rings is 1. The number of aliphatic hydroxyl groups is 1. The van der Waals surface area contributed by atoms with Gasteiger partial charge in [0, 0.05) is 23.9 Å². The van der Waals surface area contributed by atoms with Gasteiger partial charge in [-0.05, 0) is 38.1 Å². The molecule has 0 fully saturated rings. The molecule has 0 saturated carbocycles. The molecule has 3 aromatic rings. The molecule has 0 saturated heterocycles. The molecule has 0 atom stereocenters. The molecule has 9 heteroatoms. The monoisotopic (exact) mass is 403 g/mol. The summed E-state index contributed by atoms with van der Waals surface area (Å²) in [6, 6.07) is 6.40. The molecule has 0 bridgehead atoms. The van der Waals surface area contributed by atoms with Gasteiger partial charge in [-0.2, -0.15) is 0 Å². The molecule has 2 aromatic heterocycles. The summed E-state index contributed by atoms with van der Waals surface area (Å²) in [6.07, 6.45) is 1.38. The van der Waals surface area contributed by atoms with Crippen molar-refractivity contribution < 1.29 is 27.9 Å². The fourth-order valence-corrected chi connectivity index (χ4v) is 2.58. The minimum absolute atomic E-state index is 0.00126. The Morgan fingerprint density at radius 2 is 2.03 bits per heavy atom. The number of carbonyl (C=O) groups is 1. The van der Waals surface area contributed by atoms with E-state index in [4.69, 9.17) is 9.26 Å². The molecule has 1 aromatic carbocycles. The summed E-state index contributed by atoms with van der Waals surface area (Å²) in [4.78, 5) is 16.0. The van der Waals surface area contributed by atoms with Gasteiger partial charge < -0.3 is 19.7 Å². The first-order valence-corrected chi connectivity index (χ1v) is 8.82. The Labute approximate surface area is 165 Å². The van der Waals surface area contributed by atoms with Crippen LogP contribution in [0.2, 0.25) is 0 Å². The molecule has 2 N–H and O–H groups in total. The van der Waals surface area contributed by atoms with Gasteiger partial charge in [0.1, 0.15) is 18.9 Å². The average Bonchev–Trinajstić information content (AvgIpc) is 3.11. The summed E-state index contributed by atoms with van der Waals surface area (Å²) in [6.45, 7) is 3.17. The Morgan fingerprint density at radius 1 is 1.24 bits per heavy atom. The van der Waals surface area contributed by atoms with Crippen LogP contribution < -0.4 is 10.1 Å². The molecule has 7 nitrogen and oxygen atoms in total. The number of rotatable bonds is 7. The zero-order chi connectivity index (χ0) is 21.0. The van der Waals surface area contributed by atoms with Gasteiger partial charge in [0.15, 0.2) is 17.4 Å². The van der Waals surface area contributed by atoms with Crippen LogP contribution in [0.25, 0.3) is 11.3 Å². The fraction of sp³-hybridized carbons (Fsp3) is 0.250. The van der Waals surface area contributed by atoms with Crippen molar-refractivity contribution in [3.8, 4) is 17.1 Å². The molecule has 1 amide bonds. The Kier molecular flexibility index (Phi) is 6.18. The summed E-state index contributed by atoms with van der Waals surface area (Å²) >= 11 is 0. The summed E-state index contributed by atoms with van der Waals surface area (Å²) in [5, 5.41) is 16.0. The lowest BCUT2D eigenvalue weighted by molar-refractivity contribution is 0.0942. The number of amides is 1. The van der Waals surface area contributed by atoms with Gasteiger partial charge in [0.25, 0.3) is 5.91 Å². The van der Waals surface area contributed by atoms with E-state index in [1.165, 1.54) is 18.3 Å². The number of halogens is 2. The lowest BCUT2D eigenvalue weighted by Gasteiger charge is -2.09. The SMILES string of the molecule is CC(C)NC(=O)c1ccc(OCc2c(-c3ccc(F)c(F)c3)noc2CO)nc1. The average molecular weight is 403 g/mol. The number of hydrogen-bond acceptors (Lipinski definition) is 6. The van der Waals surface area contributed by atoms with Gasteiger partial charge in [-0.3, -0.25) is 4.79 Å². The van der Waals surface area contributed by atoms with Crippen LogP contribution in [0, 0.1) is 11.6 Å². The third-order valence-electron chi connectivity index (χ3n) is 3.99. The van der Waals surface area contributed by atoms with Gasteiger partial charge in [-0.25, -0.2) is 13.8 Å². The van der Waals surface area contributed by atoms with E-state index in [1.54, 1.807) is 6.07 Å². The molecule has 0 aliphatic carbocycles. The molecular weight excluding hydrogens is 384 g/mol. The normalized spacial score (nSPS) is 11.0. The Bertz CT molecular complexity index is 1000. The van der Waals surface area contributed by atoms with E-state index >= 15 is 0 Å². The summed E-state index contributed by atoms with van der Waals surface area (Å²) in [5.41, 5.74) is 1.26. The van der Waals surface area contributed by atoms with Crippen molar-refractivity contribution in [3.63, 3.8) is 0 Å². The van der Waals surface area contributed by atoms with E-state index in [9.17, 15) is 18.7 Å². The van der Waals surface area contributed by atoms with Crippen molar-refractivity contribution in [3.05, 3.63) is 65.1 Å². The zero-order valence-corrected chi connectivity index (χ0v) is 15.8. The van der Waals surface area contributed by atoms with E-state index < -0.39 is 18.2 Å². The zero-order valence-electron chi connectivity index (χ0n) is 15.8. The Hall–Kier alpha value is -3.33. The van der Waals surface area contributed by atoms with Crippen molar-refractivity contribution in [1.82, 2.24) is 15.5 Å². The van der Waals surface area contributed by atoms with Crippen LogP contribution >= 0.6 is 0 Å². The van der Waals surface area contributed by atoms with Crippen LogP contribution in [-0.4, -0.2) is 27.2 Å². The van der Waals surface area contributed by atoms with E-state index in [0.29, 0.717) is 11.1 Å². The Morgan fingerprint density at radius 3 is 2.66 bits per heavy atom. The molecule has 152 valence electrons. The van der Waals surface area contributed by atoms with Gasteiger partial charge in [0.05, 0.1) is 11.1 Å². The van der Waals surface area contributed by atoms with Crippen LogP contribution in [0.4, 0.5) is 8.78 Å². The number of nitrogens with zero attached hydrogens (tertiary/aromatic N) is 2. The van der Waals surface area contributed by atoms with Crippen LogP contribution in [-0.2, 0) is 13.2 Å². The van der Waals surface area contributed by atoms with E-state index in [-0.39, 0.29) is 41.5 Å². The molecule has 0 aliphatic rings. The van der Waals surface area contributed by atoms with Crippen molar-refractivity contribution >= 4 is 5.91 Å². The van der Waals surface area contributed by atoms with Gasteiger partial charge in [-0.1, -0.05) is 5.16 Å². The molecule has 0 spiro atoms. The highest BCUT2D eigenvalue weighted by Gasteiger charge is 2.19. The third kappa shape index (κ3) is 4.75. The lowest BCUT2D eigenvalue weighted by atomic mass is 10.1. The second kappa shape index (κ2) is 8.78. The summed E-state index contributed by atoms with van der Waals surface area (Å²) in [5.74, 6) is -1.89. The summed E-state index contributed by atoms with van der Waals surface area (Å²) < 4.78 is 37.4. The molecule has 0 unspecified atom stereocenters. The molecule has 3 rings (SSSR count). The quantitative estimate of drug-likeness (QED) is 0.629. The highest BCUT2D eigenvalue weighted by molar-refractivity contribution is 5.94. The van der Waals surface area contributed by atoms with Gasteiger partial charge >= 0.3 is 0 Å². The first kappa shape index (κ1) is 20.4. The highest BCUT2D eigenvalue weighted by atomic mass is 19.2. The van der Waals surface area contributed by atoms with Crippen LogP contribution in [0.3, 0.4) is 0 Å². The van der Waals surface area contributed by atoms with Crippen LogP contribution in [0.15, 0.2) is 41.1 Å². The molecule has 2 heterocycles. The minimum Gasteiger partial charge on any atom is -0.473 e. The number of aromatic nitrogens is 2. The Balaban J connectivity index is 1.77. The number of pyridine rings is 1. The standard InChI is InChI=1S/C20H19F2N3O4/c1-11(2)24-20(27)13-4-6-18(23-8-13)28-10-14-17(9-26)29-25-19(14)12-3-5-15(21)16(22)7-12/h3-8,11,26H,9-10H2,1-2H3,(H,24,27). The highest BCUT2D eigenvalue weighted by Crippen LogP contribution is 2.28. The predicted octanol–water partition coefficient (Wildman–Crippen LogP) is 3.22. The third-order valence-corrected chi connectivity index (χ3v) is 3.99. The van der Waals surface area contributed by atoms with Crippen molar-refractivity contribution in [2.75, 3.05) is 0 Å². The van der Waals surface area contributed by atoms with E-state index in [2.05, 4.69) is 15.5 Å². The van der Waals surface area contributed by atoms with Crippen LogP contribution in [0.1, 0.15) is 35.5 Å².